The monoisotopic (exact) mass is 513 g/mol. The summed E-state index contributed by atoms with van der Waals surface area (Å²) in [6.45, 7) is 4.72. The summed E-state index contributed by atoms with van der Waals surface area (Å²) in [5.74, 6) is -0.364. The Hall–Kier alpha value is -3.86. The van der Waals surface area contributed by atoms with Crippen LogP contribution in [-0.2, 0) is 18.0 Å². The fourth-order valence-corrected chi connectivity index (χ4v) is 4.43. The van der Waals surface area contributed by atoms with Gasteiger partial charge in [-0.3, -0.25) is 14.3 Å². The van der Waals surface area contributed by atoms with Crippen LogP contribution in [0, 0.1) is 19.7 Å². The lowest BCUT2D eigenvalue weighted by molar-refractivity contribution is -0.137. The molecular weight excluding hydrogens is 490 g/mol. The third kappa shape index (κ3) is 4.66. The molecule has 0 N–H and O–H groups in total. The number of anilines is 1. The van der Waals surface area contributed by atoms with E-state index in [2.05, 4.69) is 15.0 Å². The Balaban J connectivity index is 1.66. The van der Waals surface area contributed by atoms with Gasteiger partial charge >= 0.3 is 6.18 Å². The van der Waals surface area contributed by atoms with Crippen LogP contribution in [0.3, 0.4) is 0 Å². The molecule has 1 saturated heterocycles. The molecule has 4 heterocycles. The molecule has 5 rings (SSSR count). The molecule has 0 spiro atoms. The zero-order valence-corrected chi connectivity index (χ0v) is 20.3. The van der Waals surface area contributed by atoms with Gasteiger partial charge in [-0.1, -0.05) is 0 Å². The van der Waals surface area contributed by atoms with Crippen molar-refractivity contribution in [1.82, 2.24) is 19.5 Å². The van der Waals surface area contributed by atoms with Crippen LogP contribution < -0.4 is 10.5 Å². The van der Waals surface area contributed by atoms with Gasteiger partial charge in [0.05, 0.1) is 17.6 Å². The van der Waals surface area contributed by atoms with E-state index in [1.165, 1.54) is 4.57 Å². The summed E-state index contributed by atoms with van der Waals surface area (Å²) in [7, 11) is 1.57. The Bertz CT molecular complexity index is 1570. The van der Waals surface area contributed by atoms with Crippen molar-refractivity contribution in [2.45, 2.75) is 26.1 Å². The molecule has 0 aliphatic carbocycles. The van der Waals surface area contributed by atoms with Crippen molar-refractivity contribution in [3.8, 4) is 11.3 Å². The molecular formula is C26H23F4N5O2. The van der Waals surface area contributed by atoms with Crippen LogP contribution in [0.1, 0.15) is 28.7 Å². The summed E-state index contributed by atoms with van der Waals surface area (Å²) in [5, 5.41) is 0.190. The molecule has 1 aromatic carbocycles. The molecule has 0 radical (unpaired) electrons. The quantitative estimate of drug-likeness (QED) is 0.369. The van der Waals surface area contributed by atoms with Gasteiger partial charge in [-0.2, -0.15) is 13.2 Å². The van der Waals surface area contributed by atoms with E-state index in [0.717, 1.165) is 23.4 Å². The normalized spacial score (nSPS) is 16.4. The average molecular weight is 513 g/mol. The third-order valence-corrected chi connectivity index (χ3v) is 6.51. The van der Waals surface area contributed by atoms with E-state index in [1.807, 2.05) is 24.0 Å². The molecule has 4 aromatic rings. The third-order valence-electron chi connectivity index (χ3n) is 6.51. The summed E-state index contributed by atoms with van der Waals surface area (Å²) in [6, 6.07) is 7.63. The molecule has 0 amide bonds. The molecule has 0 bridgehead atoms. The van der Waals surface area contributed by atoms with Gasteiger partial charge in [0.25, 0.3) is 5.56 Å². The Morgan fingerprint density at radius 2 is 1.86 bits per heavy atom. The van der Waals surface area contributed by atoms with Crippen molar-refractivity contribution in [2.75, 3.05) is 24.6 Å². The molecule has 1 unspecified atom stereocenters. The Labute approximate surface area is 209 Å². The van der Waals surface area contributed by atoms with Crippen LogP contribution in [0.5, 0.6) is 0 Å². The number of nitrogens with zero attached hydrogens (tertiary/aromatic N) is 5. The first-order valence-electron chi connectivity index (χ1n) is 11.6. The molecule has 0 saturated carbocycles. The number of hydrogen-bond donors (Lipinski definition) is 0. The number of benzene rings is 1. The fraction of sp³-hybridized carbons (Fsp3) is 0.308. The second-order valence-electron chi connectivity index (χ2n) is 8.98. The lowest BCUT2D eigenvalue weighted by Crippen LogP contribution is -2.39. The van der Waals surface area contributed by atoms with Crippen LogP contribution in [0.25, 0.3) is 22.2 Å². The number of fused-ring (bicyclic) bond motifs is 1. The fourth-order valence-electron chi connectivity index (χ4n) is 4.43. The van der Waals surface area contributed by atoms with E-state index in [0.29, 0.717) is 37.4 Å². The molecule has 1 aliphatic heterocycles. The number of morpholine rings is 1. The first kappa shape index (κ1) is 24.8. The summed E-state index contributed by atoms with van der Waals surface area (Å²) in [4.78, 5) is 28.4. The van der Waals surface area contributed by atoms with Crippen LogP contribution in [0.2, 0.25) is 0 Å². The van der Waals surface area contributed by atoms with Crippen molar-refractivity contribution in [2.24, 2.45) is 7.05 Å². The Morgan fingerprint density at radius 3 is 2.57 bits per heavy atom. The van der Waals surface area contributed by atoms with Gasteiger partial charge in [-0.25, -0.2) is 14.4 Å². The number of hydrogen-bond acceptors (Lipinski definition) is 6. The summed E-state index contributed by atoms with van der Waals surface area (Å²) < 4.78 is 61.9. The highest BCUT2D eigenvalue weighted by atomic mass is 19.4. The lowest BCUT2D eigenvalue weighted by Gasteiger charge is -2.34. The first-order valence-corrected chi connectivity index (χ1v) is 11.6. The molecule has 7 nitrogen and oxygen atoms in total. The summed E-state index contributed by atoms with van der Waals surface area (Å²) in [5.41, 5.74) is 0.244. The summed E-state index contributed by atoms with van der Waals surface area (Å²) >= 11 is 0. The second kappa shape index (κ2) is 9.22. The van der Waals surface area contributed by atoms with Gasteiger partial charge in [0.1, 0.15) is 34.8 Å². The van der Waals surface area contributed by atoms with Crippen molar-refractivity contribution < 1.29 is 22.3 Å². The van der Waals surface area contributed by atoms with Gasteiger partial charge in [0, 0.05) is 37.6 Å². The van der Waals surface area contributed by atoms with Gasteiger partial charge < -0.3 is 9.64 Å². The predicted octanol–water partition coefficient (Wildman–Crippen LogP) is 4.74. The zero-order valence-electron chi connectivity index (χ0n) is 20.3. The van der Waals surface area contributed by atoms with Crippen LogP contribution >= 0.6 is 0 Å². The van der Waals surface area contributed by atoms with E-state index in [-0.39, 0.29) is 33.8 Å². The minimum absolute atomic E-state index is 0.00215. The van der Waals surface area contributed by atoms with Gasteiger partial charge in [-0.15, -0.1) is 0 Å². The number of aryl methyl sites for hydroxylation is 2. The van der Waals surface area contributed by atoms with E-state index >= 15 is 4.39 Å². The van der Waals surface area contributed by atoms with Crippen molar-refractivity contribution in [1.29, 1.82) is 0 Å². The minimum Gasteiger partial charge on any atom is -0.370 e. The first-order chi connectivity index (χ1) is 17.5. The molecule has 37 heavy (non-hydrogen) atoms. The number of pyridine rings is 2. The number of aromatic nitrogens is 4. The largest absolute Gasteiger partial charge is 0.416 e. The standard InChI is InChI=1S/C26H23F4N5O2/c1-14-10-16(6-7-31-14)21-13-35(8-9-37-21)22-12-19-24(32-15(2)34(3)25(19)36)23(33-22)18-5-4-17(11-20(18)27)26(28,29)30/h4-7,10-12,21H,8-9,13H2,1-3H3. The number of ether oxygens (including phenoxy) is 1. The van der Waals surface area contributed by atoms with E-state index in [1.54, 1.807) is 26.2 Å². The van der Waals surface area contributed by atoms with Crippen molar-refractivity contribution >= 4 is 16.7 Å². The van der Waals surface area contributed by atoms with Crippen molar-refractivity contribution in [3.05, 3.63) is 81.4 Å². The van der Waals surface area contributed by atoms with Gasteiger partial charge in [0.2, 0.25) is 0 Å². The molecule has 1 atom stereocenters. The highest BCUT2D eigenvalue weighted by molar-refractivity contribution is 5.93. The van der Waals surface area contributed by atoms with E-state index < -0.39 is 17.6 Å². The SMILES string of the molecule is Cc1cc(C2CN(c3cc4c(=O)n(C)c(C)nc4c(-c4ccc(C(F)(F)F)cc4F)n3)CCO2)ccn1. The van der Waals surface area contributed by atoms with Gasteiger partial charge in [0.15, 0.2) is 0 Å². The lowest BCUT2D eigenvalue weighted by atomic mass is 10.0. The maximum atomic E-state index is 15.1. The van der Waals surface area contributed by atoms with E-state index in [4.69, 9.17) is 4.74 Å². The average Bonchev–Trinajstić information content (AvgIpc) is 2.86. The number of halogens is 4. The summed E-state index contributed by atoms with van der Waals surface area (Å²) in [6.07, 6.45) is -3.29. The maximum Gasteiger partial charge on any atom is 0.416 e. The Morgan fingerprint density at radius 1 is 1.08 bits per heavy atom. The van der Waals surface area contributed by atoms with E-state index in [9.17, 15) is 18.0 Å². The number of alkyl halides is 3. The number of rotatable bonds is 3. The maximum absolute atomic E-state index is 15.1. The Kier molecular flexibility index (Phi) is 6.18. The highest BCUT2D eigenvalue weighted by Crippen LogP contribution is 2.35. The smallest absolute Gasteiger partial charge is 0.370 e. The van der Waals surface area contributed by atoms with Crippen LogP contribution in [0.4, 0.5) is 23.4 Å². The van der Waals surface area contributed by atoms with Crippen LogP contribution in [-0.4, -0.2) is 39.2 Å². The van der Waals surface area contributed by atoms with Gasteiger partial charge in [-0.05, 0) is 55.8 Å². The molecule has 192 valence electrons. The topological polar surface area (TPSA) is 73.1 Å². The zero-order chi connectivity index (χ0) is 26.5. The molecule has 1 fully saturated rings. The second-order valence-corrected chi connectivity index (χ2v) is 8.98. The highest BCUT2D eigenvalue weighted by Gasteiger charge is 2.32. The minimum atomic E-state index is -4.70. The predicted molar refractivity (Wildman–Crippen MR) is 130 cm³/mol. The van der Waals surface area contributed by atoms with Crippen LogP contribution in [0.15, 0.2) is 47.4 Å². The molecule has 11 heteroatoms. The molecule has 1 aliphatic rings. The molecule has 3 aromatic heterocycles. The van der Waals surface area contributed by atoms with Crippen molar-refractivity contribution in [3.63, 3.8) is 0 Å².